The lowest BCUT2D eigenvalue weighted by Gasteiger charge is -2.10. The lowest BCUT2D eigenvalue weighted by atomic mass is 10.2. The lowest BCUT2D eigenvalue weighted by molar-refractivity contribution is 0.0937. The molecule has 0 fully saturated rings. The van der Waals surface area contributed by atoms with Gasteiger partial charge in [-0.3, -0.25) is 14.7 Å². The van der Waals surface area contributed by atoms with Gasteiger partial charge in [-0.05, 0) is 6.92 Å². The van der Waals surface area contributed by atoms with Crippen molar-refractivity contribution in [3.8, 4) is 0 Å². The fourth-order valence-electron chi connectivity index (χ4n) is 1.36. The van der Waals surface area contributed by atoms with E-state index in [9.17, 15) is 9.59 Å². The van der Waals surface area contributed by atoms with Crippen LogP contribution in [0.1, 0.15) is 29.1 Å². The first kappa shape index (κ1) is 11.1. The third-order valence-electron chi connectivity index (χ3n) is 2.26. The standard InChI is InChI=1S/C10H11N5O2/c1-6(9-12-5-13-15-9)14-10(17)7-4-11-3-2-8(7)16/h2-6H,1H3,(H,11,16)(H,14,17)(H,12,13,15). The molecular formula is C10H11N5O2. The zero-order chi connectivity index (χ0) is 12.3. The van der Waals surface area contributed by atoms with E-state index in [2.05, 4.69) is 25.5 Å². The molecule has 7 nitrogen and oxygen atoms in total. The van der Waals surface area contributed by atoms with Crippen molar-refractivity contribution in [2.45, 2.75) is 13.0 Å². The van der Waals surface area contributed by atoms with Gasteiger partial charge >= 0.3 is 0 Å². The predicted octanol–water partition coefficient (Wildman–Crippen LogP) is -0.0160. The molecule has 2 aromatic heterocycles. The summed E-state index contributed by atoms with van der Waals surface area (Å²) in [5, 5.41) is 8.98. The van der Waals surface area contributed by atoms with Gasteiger partial charge in [-0.1, -0.05) is 0 Å². The number of rotatable bonds is 3. The van der Waals surface area contributed by atoms with Crippen LogP contribution in [0.15, 0.2) is 29.6 Å². The van der Waals surface area contributed by atoms with Crippen LogP contribution in [0, 0.1) is 0 Å². The van der Waals surface area contributed by atoms with Gasteiger partial charge < -0.3 is 10.3 Å². The van der Waals surface area contributed by atoms with Gasteiger partial charge in [0, 0.05) is 18.5 Å². The quantitative estimate of drug-likeness (QED) is 0.693. The molecule has 2 heterocycles. The maximum absolute atomic E-state index is 11.8. The number of hydrogen-bond acceptors (Lipinski definition) is 4. The van der Waals surface area contributed by atoms with Crippen molar-refractivity contribution in [3.63, 3.8) is 0 Å². The topological polar surface area (TPSA) is 104 Å². The van der Waals surface area contributed by atoms with Gasteiger partial charge in [-0.2, -0.15) is 5.10 Å². The van der Waals surface area contributed by atoms with Gasteiger partial charge in [0.05, 0.1) is 6.04 Å². The maximum atomic E-state index is 11.8. The van der Waals surface area contributed by atoms with Crippen LogP contribution < -0.4 is 10.7 Å². The minimum absolute atomic E-state index is 0.0684. The molecule has 1 amide bonds. The first-order chi connectivity index (χ1) is 8.18. The number of nitrogens with zero attached hydrogens (tertiary/aromatic N) is 2. The predicted molar refractivity (Wildman–Crippen MR) is 59.3 cm³/mol. The van der Waals surface area contributed by atoms with E-state index in [4.69, 9.17) is 0 Å². The highest BCUT2D eigenvalue weighted by Gasteiger charge is 2.15. The number of aromatic amines is 2. The highest BCUT2D eigenvalue weighted by molar-refractivity contribution is 5.93. The summed E-state index contributed by atoms with van der Waals surface area (Å²) in [7, 11) is 0. The third kappa shape index (κ3) is 2.39. The molecule has 88 valence electrons. The van der Waals surface area contributed by atoms with E-state index in [-0.39, 0.29) is 17.0 Å². The van der Waals surface area contributed by atoms with Gasteiger partial charge in [-0.25, -0.2) is 4.98 Å². The van der Waals surface area contributed by atoms with Crippen LogP contribution in [0.25, 0.3) is 0 Å². The Morgan fingerprint density at radius 3 is 3.00 bits per heavy atom. The molecular weight excluding hydrogens is 222 g/mol. The molecule has 0 spiro atoms. The Labute approximate surface area is 96.3 Å². The molecule has 0 saturated carbocycles. The molecule has 2 rings (SSSR count). The zero-order valence-electron chi connectivity index (χ0n) is 9.10. The van der Waals surface area contributed by atoms with Crippen molar-refractivity contribution < 1.29 is 4.79 Å². The summed E-state index contributed by atoms with van der Waals surface area (Å²) < 4.78 is 0. The maximum Gasteiger partial charge on any atom is 0.257 e. The van der Waals surface area contributed by atoms with Crippen molar-refractivity contribution in [2.75, 3.05) is 0 Å². The van der Waals surface area contributed by atoms with Crippen LogP contribution in [0.5, 0.6) is 0 Å². The molecule has 0 radical (unpaired) electrons. The number of carbonyl (C=O) groups is 1. The van der Waals surface area contributed by atoms with Gasteiger partial charge in [0.15, 0.2) is 5.43 Å². The van der Waals surface area contributed by atoms with E-state index in [1.165, 1.54) is 24.8 Å². The first-order valence-corrected chi connectivity index (χ1v) is 5.01. The Morgan fingerprint density at radius 2 is 2.35 bits per heavy atom. The van der Waals surface area contributed by atoms with E-state index in [1.54, 1.807) is 6.92 Å². The second-order valence-corrected chi connectivity index (χ2v) is 3.49. The number of aromatic nitrogens is 4. The summed E-state index contributed by atoms with van der Waals surface area (Å²) in [5.41, 5.74) is -0.259. The highest BCUT2D eigenvalue weighted by atomic mass is 16.2. The molecule has 1 atom stereocenters. The molecule has 7 heteroatoms. The number of amides is 1. The number of pyridine rings is 1. The smallest absolute Gasteiger partial charge is 0.257 e. The third-order valence-corrected chi connectivity index (χ3v) is 2.26. The zero-order valence-corrected chi connectivity index (χ0v) is 9.10. The van der Waals surface area contributed by atoms with Crippen molar-refractivity contribution in [2.24, 2.45) is 0 Å². The first-order valence-electron chi connectivity index (χ1n) is 5.01. The SMILES string of the molecule is CC(NC(=O)c1c[nH]ccc1=O)c1ncn[nH]1. The molecule has 0 saturated heterocycles. The average Bonchev–Trinajstić information content (AvgIpc) is 2.82. The largest absolute Gasteiger partial charge is 0.367 e. The molecule has 0 aliphatic rings. The van der Waals surface area contributed by atoms with E-state index >= 15 is 0 Å². The van der Waals surface area contributed by atoms with E-state index in [1.807, 2.05) is 0 Å². The van der Waals surface area contributed by atoms with Gasteiger partial charge in [0.25, 0.3) is 5.91 Å². The Hall–Kier alpha value is -2.44. The van der Waals surface area contributed by atoms with Crippen molar-refractivity contribution in [3.05, 3.63) is 46.4 Å². The van der Waals surface area contributed by atoms with Crippen molar-refractivity contribution >= 4 is 5.91 Å². The number of hydrogen-bond donors (Lipinski definition) is 3. The normalized spacial score (nSPS) is 12.1. The molecule has 0 aromatic carbocycles. The summed E-state index contributed by atoms with van der Waals surface area (Å²) in [4.78, 5) is 29.8. The Morgan fingerprint density at radius 1 is 1.53 bits per heavy atom. The van der Waals surface area contributed by atoms with Crippen molar-refractivity contribution in [1.82, 2.24) is 25.5 Å². The molecule has 0 aliphatic heterocycles. The average molecular weight is 233 g/mol. The Balaban J connectivity index is 2.13. The fourth-order valence-corrected chi connectivity index (χ4v) is 1.36. The molecule has 2 aromatic rings. The van der Waals surface area contributed by atoms with Crippen molar-refractivity contribution in [1.29, 1.82) is 0 Å². The minimum Gasteiger partial charge on any atom is -0.367 e. The molecule has 17 heavy (non-hydrogen) atoms. The number of nitrogens with one attached hydrogen (secondary N) is 3. The molecule has 3 N–H and O–H groups in total. The van der Waals surface area contributed by atoms with E-state index < -0.39 is 5.91 Å². The van der Waals surface area contributed by atoms with Crippen LogP contribution in [0.3, 0.4) is 0 Å². The molecule has 1 unspecified atom stereocenters. The Bertz CT molecular complexity index is 560. The van der Waals surface area contributed by atoms with E-state index in [0.29, 0.717) is 5.82 Å². The summed E-state index contributed by atoms with van der Waals surface area (Å²) in [6, 6.07) is 0.957. The van der Waals surface area contributed by atoms with Crippen LogP contribution in [-0.2, 0) is 0 Å². The summed E-state index contributed by atoms with van der Waals surface area (Å²) in [6.45, 7) is 1.75. The lowest BCUT2D eigenvalue weighted by Crippen LogP contribution is -2.31. The number of carbonyl (C=O) groups excluding carboxylic acids is 1. The second kappa shape index (κ2) is 4.60. The fraction of sp³-hybridized carbons (Fsp3) is 0.200. The monoisotopic (exact) mass is 233 g/mol. The second-order valence-electron chi connectivity index (χ2n) is 3.49. The van der Waals surface area contributed by atoms with Crippen LogP contribution in [0.4, 0.5) is 0 Å². The number of H-pyrrole nitrogens is 2. The van der Waals surface area contributed by atoms with Crippen LogP contribution >= 0.6 is 0 Å². The summed E-state index contributed by atoms with van der Waals surface area (Å²) in [5.74, 6) is 0.0847. The summed E-state index contributed by atoms with van der Waals surface area (Å²) >= 11 is 0. The summed E-state index contributed by atoms with van der Waals surface area (Å²) in [6.07, 6.45) is 4.19. The Kier molecular flexibility index (Phi) is 2.99. The van der Waals surface area contributed by atoms with E-state index in [0.717, 1.165) is 0 Å². The van der Waals surface area contributed by atoms with Crippen LogP contribution in [0.2, 0.25) is 0 Å². The van der Waals surface area contributed by atoms with Gasteiger partial charge in [0.1, 0.15) is 17.7 Å². The minimum atomic E-state index is -0.448. The van der Waals surface area contributed by atoms with Gasteiger partial charge in [0.2, 0.25) is 0 Å². The van der Waals surface area contributed by atoms with Gasteiger partial charge in [-0.15, -0.1) is 0 Å². The molecule has 0 aliphatic carbocycles. The highest BCUT2D eigenvalue weighted by Crippen LogP contribution is 2.04. The van der Waals surface area contributed by atoms with Crippen LogP contribution in [-0.4, -0.2) is 26.1 Å². The molecule has 0 bridgehead atoms.